The van der Waals surface area contributed by atoms with Crippen LogP contribution in [0.3, 0.4) is 0 Å². The van der Waals surface area contributed by atoms with Crippen molar-refractivity contribution in [2.24, 2.45) is 0 Å². The Labute approximate surface area is 126 Å². The molecule has 3 N–H and O–H groups in total. The molecule has 19 heavy (non-hydrogen) atoms. The number of carbonyl (C=O) groups excluding carboxylic acids is 1. The zero-order valence-corrected chi connectivity index (χ0v) is 12.5. The number of hydrogen-bond donors (Lipinski definition) is 3. The van der Waals surface area contributed by atoms with Gasteiger partial charge in [-0.25, -0.2) is 0 Å². The molecule has 1 aromatic rings. The highest BCUT2D eigenvalue weighted by Gasteiger charge is 2.07. The summed E-state index contributed by atoms with van der Waals surface area (Å²) in [6, 6.07) is 4.59. The molecule has 0 heterocycles. The van der Waals surface area contributed by atoms with Gasteiger partial charge in [0.15, 0.2) is 5.11 Å². The van der Waals surface area contributed by atoms with E-state index in [1.807, 2.05) is 0 Å². The fourth-order valence-corrected chi connectivity index (χ4v) is 1.59. The van der Waals surface area contributed by atoms with Gasteiger partial charge in [0.25, 0.3) is 5.91 Å². The summed E-state index contributed by atoms with van der Waals surface area (Å²) in [4.78, 5) is 11.8. The summed E-state index contributed by atoms with van der Waals surface area (Å²) in [5, 5.41) is 3.85. The highest BCUT2D eigenvalue weighted by Crippen LogP contribution is 2.22. The first-order chi connectivity index (χ1) is 9.04. The highest BCUT2D eigenvalue weighted by atomic mass is 35.5. The van der Waals surface area contributed by atoms with E-state index in [2.05, 4.69) is 16.2 Å². The second-order valence-electron chi connectivity index (χ2n) is 3.46. The summed E-state index contributed by atoms with van der Waals surface area (Å²) in [5.41, 5.74) is 5.38. The quantitative estimate of drug-likeness (QED) is 0.448. The molecule has 5 nitrogen and oxygen atoms in total. The third-order valence-electron chi connectivity index (χ3n) is 2.06. The first-order valence-corrected chi connectivity index (χ1v) is 6.49. The lowest BCUT2D eigenvalue weighted by Crippen LogP contribution is -2.47. The van der Waals surface area contributed by atoms with Crippen molar-refractivity contribution in [2.75, 3.05) is 20.3 Å². The molecule has 1 rings (SSSR count). The Hall–Kier alpha value is -1.08. The Kier molecular flexibility index (Phi) is 6.86. The van der Waals surface area contributed by atoms with Crippen molar-refractivity contribution < 1.29 is 9.53 Å². The van der Waals surface area contributed by atoms with E-state index >= 15 is 0 Å². The minimum Gasteiger partial charge on any atom is -0.383 e. The van der Waals surface area contributed by atoms with E-state index < -0.39 is 0 Å². The average molecular weight is 322 g/mol. The summed E-state index contributed by atoms with van der Waals surface area (Å²) < 4.78 is 4.85. The van der Waals surface area contributed by atoms with Crippen molar-refractivity contribution in [3.8, 4) is 0 Å². The lowest BCUT2D eigenvalue weighted by molar-refractivity contribution is 0.0943. The van der Waals surface area contributed by atoms with Gasteiger partial charge in [-0.15, -0.1) is 0 Å². The predicted octanol–water partition coefficient (Wildman–Crippen LogP) is 1.75. The van der Waals surface area contributed by atoms with Crippen LogP contribution in [0.2, 0.25) is 10.0 Å². The normalized spacial score (nSPS) is 9.84. The number of carbonyl (C=O) groups is 1. The Morgan fingerprint density at radius 1 is 1.32 bits per heavy atom. The molecular formula is C11H13Cl2N3O2S. The second kappa shape index (κ2) is 8.16. The molecule has 0 fully saturated rings. The Morgan fingerprint density at radius 2 is 2.05 bits per heavy atom. The number of hydrogen-bond acceptors (Lipinski definition) is 3. The van der Waals surface area contributed by atoms with Crippen LogP contribution in [-0.2, 0) is 4.74 Å². The van der Waals surface area contributed by atoms with Crippen molar-refractivity contribution in [2.45, 2.75) is 0 Å². The van der Waals surface area contributed by atoms with Crippen molar-refractivity contribution in [3.05, 3.63) is 33.8 Å². The van der Waals surface area contributed by atoms with Gasteiger partial charge >= 0.3 is 0 Å². The molecule has 1 aromatic carbocycles. The maximum Gasteiger partial charge on any atom is 0.269 e. The SMILES string of the molecule is COCCNC(=S)NNC(=O)c1ccc(Cl)c(Cl)c1. The van der Waals surface area contributed by atoms with Gasteiger partial charge in [-0.05, 0) is 30.4 Å². The van der Waals surface area contributed by atoms with E-state index in [1.165, 1.54) is 6.07 Å². The van der Waals surface area contributed by atoms with Crippen molar-refractivity contribution in [3.63, 3.8) is 0 Å². The molecule has 0 saturated carbocycles. The van der Waals surface area contributed by atoms with Gasteiger partial charge in [0.05, 0.1) is 16.7 Å². The van der Waals surface area contributed by atoms with E-state index in [9.17, 15) is 4.79 Å². The number of halogens is 2. The van der Waals surface area contributed by atoms with Gasteiger partial charge in [0.1, 0.15) is 0 Å². The lowest BCUT2D eigenvalue weighted by atomic mass is 10.2. The minimum absolute atomic E-state index is 0.297. The van der Waals surface area contributed by atoms with Crippen LogP contribution in [0.25, 0.3) is 0 Å². The van der Waals surface area contributed by atoms with E-state index in [4.69, 9.17) is 40.2 Å². The Bertz CT molecular complexity index is 471. The molecule has 0 aliphatic heterocycles. The standard InChI is InChI=1S/C11H13Cl2N3O2S/c1-18-5-4-14-11(19)16-15-10(17)7-2-3-8(12)9(13)6-7/h2-3,6H,4-5H2,1H3,(H,15,17)(H2,14,16,19). The summed E-state index contributed by atoms with van der Waals surface area (Å²) in [5.74, 6) is -0.366. The molecule has 0 unspecified atom stereocenters. The van der Waals surface area contributed by atoms with E-state index in [0.717, 1.165) is 0 Å². The number of benzene rings is 1. The van der Waals surface area contributed by atoms with Crippen molar-refractivity contribution >= 4 is 46.4 Å². The third kappa shape index (κ3) is 5.61. The third-order valence-corrected chi connectivity index (χ3v) is 3.05. The zero-order chi connectivity index (χ0) is 14.3. The number of nitrogens with one attached hydrogen (secondary N) is 3. The van der Waals surface area contributed by atoms with Crippen LogP contribution in [0.15, 0.2) is 18.2 Å². The van der Waals surface area contributed by atoms with Gasteiger partial charge in [0.2, 0.25) is 0 Å². The molecule has 0 aliphatic carbocycles. The van der Waals surface area contributed by atoms with Gasteiger partial charge in [-0.1, -0.05) is 23.2 Å². The number of hydrazine groups is 1. The molecular weight excluding hydrogens is 309 g/mol. The van der Waals surface area contributed by atoms with Crippen molar-refractivity contribution in [1.82, 2.24) is 16.2 Å². The van der Waals surface area contributed by atoms with Gasteiger partial charge in [0, 0.05) is 19.2 Å². The number of rotatable bonds is 4. The van der Waals surface area contributed by atoms with Crippen LogP contribution in [0.5, 0.6) is 0 Å². The summed E-state index contributed by atoms with van der Waals surface area (Å²) in [6.07, 6.45) is 0. The first kappa shape index (κ1) is 16.0. The van der Waals surface area contributed by atoms with Gasteiger partial charge in [-0.2, -0.15) is 0 Å². The topological polar surface area (TPSA) is 62.4 Å². The second-order valence-corrected chi connectivity index (χ2v) is 4.68. The van der Waals surface area contributed by atoms with Crippen LogP contribution >= 0.6 is 35.4 Å². The summed E-state index contributed by atoms with van der Waals surface area (Å²) in [6.45, 7) is 1.06. The smallest absolute Gasteiger partial charge is 0.269 e. The van der Waals surface area contributed by atoms with Crippen LogP contribution < -0.4 is 16.2 Å². The molecule has 1 amide bonds. The van der Waals surface area contributed by atoms with Gasteiger partial charge in [-0.3, -0.25) is 15.6 Å². The number of methoxy groups -OCH3 is 1. The van der Waals surface area contributed by atoms with Crippen LogP contribution in [0, 0.1) is 0 Å². The Balaban J connectivity index is 2.42. The van der Waals surface area contributed by atoms with E-state index in [-0.39, 0.29) is 5.91 Å². The lowest BCUT2D eigenvalue weighted by Gasteiger charge is -2.11. The molecule has 0 atom stereocenters. The van der Waals surface area contributed by atoms with E-state index in [0.29, 0.717) is 33.9 Å². The molecule has 0 aliphatic rings. The molecule has 104 valence electrons. The van der Waals surface area contributed by atoms with Crippen LogP contribution in [-0.4, -0.2) is 31.3 Å². The molecule has 0 radical (unpaired) electrons. The van der Waals surface area contributed by atoms with Crippen molar-refractivity contribution in [1.29, 1.82) is 0 Å². The predicted molar refractivity (Wildman–Crippen MR) is 79.5 cm³/mol. The van der Waals surface area contributed by atoms with Gasteiger partial charge < -0.3 is 10.1 Å². The minimum atomic E-state index is -0.366. The average Bonchev–Trinajstić information content (AvgIpc) is 2.39. The molecule has 0 spiro atoms. The fourth-order valence-electron chi connectivity index (χ4n) is 1.13. The largest absolute Gasteiger partial charge is 0.383 e. The first-order valence-electron chi connectivity index (χ1n) is 5.32. The number of ether oxygens (including phenoxy) is 1. The van der Waals surface area contributed by atoms with E-state index in [1.54, 1.807) is 19.2 Å². The summed E-state index contributed by atoms with van der Waals surface area (Å²) in [7, 11) is 1.59. The molecule has 0 bridgehead atoms. The van der Waals surface area contributed by atoms with Crippen LogP contribution in [0.1, 0.15) is 10.4 Å². The molecule has 0 saturated heterocycles. The molecule has 8 heteroatoms. The monoisotopic (exact) mass is 321 g/mol. The fraction of sp³-hybridized carbons (Fsp3) is 0.273. The molecule has 0 aromatic heterocycles. The number of amides is 1. The van der Waals surface area contributed by atoms with Crippen LogP contribution in [0.4, 0.5) is 0 Å². The maximum absolute atomic E-state index is 11.8. The number of thiocarbonyl (C=S) groups is 1. The summed E-state index contributed by atoms with van der Waals surface area (Å²) >= 11 is 16.5. The Morgan fingerprint density at radius 3 is 2.68 bits per heavy atom. The highest BCUT2D eigenvalue weighted by molar-refractivity contribution is 7.80. The maximum atomic E-state index is 11.8. The zero-order valence-electron chi connectivity index (χ0n) is 10.1.